The van der Waals surface area contributed by atoms with E-state index in [1.165, 1.54) is 0 Å². The summed E-state index contributed by atoms with van der Waals surface area (Å²) in [5, 5.41) is 12.0. The second-order valence-corrected chi connectivity index (χ2v) is 19.7. The molecule has 2 bridgehead atoms. The van der Waals surface area contributed by atoms with E-state index in [0.717, 1.165) is 31.4 Å². The monoisotopic (exact) mass is 498 g/mol. The summed E-state index contributed by atoms with van der Waals surface area (Å²) in [7, 11) is 0.00301. The zero-order valence-electron chi connectivity index (χ0n) is 22.9. The van der Waals surface area contributed by atoms with Crippen LogP contribution in [0.2, 0.25) is 18.1 Å². The van der Waals surface area contributed by atoms with Gasteiger partial charge in [-0.3, -0.25) is 4.79 Å². The lowest BCUT2D eigenvalue weighted by Crippen LogP contribution is -2.63. The van der Waals surface area contributed by atoms with Gasteiger partial charge in [0.2, 0.25) is 0 Å². The molecule has 0 amide bonds. The predicted molar refractivity (Wildman–Crippen MR) is 141 cm³/mol. The third kappa shape index (κ3) is 4.43. The van der Waals surface area contributed by atoms with E-state index in [-0.39, 0.29) is 33.8 Å². The molecule has 192 valence electrons. The number of ether oxygens (including phenoxy) is 1. The van der Waals surface area contributed by atoms with E-state index in [1.54, 1.807) is 11.8 Å². The summed E-state index contributed by atoms with van der Waals surface area (Å²) >= 11 is 1.72. The Hall–Kier alpha value is 0.117. The summed E-state index contributed by atoms with van der Waals surface area (Å²) in [6, 6.07) is 0. The van der Waals surface area contributed by atoms with Gasteiger partial charge < -0.3 is 14.3 Å². The van der Waals surface area contributed by atoms with Gasteiger partial charge in [-0.1, -0.05) is 41.5 Å². The topological polar surface area (TPSA) is 55.8 Å². The standard InChI is InChI=1S/C27H50O4SSi/c1-18-11-13-27-14-12-20(30-8)22(27)26(18,7)21(28)17-25(6,23(29)19(27)2)32-16-15-31-33(9,10)24(3,4)5/h18-22,28H,11-17H2,1-10H3/t18-,19+,20-,21-,22?,25-,26+,27?/m1/s1. The van der Waals surface area contributed by atoms with Crippen molar-refractivity contribution >= 4 is 25.9 Å². The van der Waals surface area contributed by atoms with Crippen molar-refractivity contribution in [2.24, 2.45) is 28.6 Å². The smallest absolute Gasteiger partial charge is 0.192 e. The Labute approximate surface area is 208 Å². The number of carbonyl (C=O) groups is 1. The molecule has 0 aromatic carbocycles. The maximum atomic E-state index is 14.1. The van der Waals surface area contributed by atoms with Crippen molar-refractivity contribution in [1.82, 2.24) is 0 Å². The fourth-order valence-corrected chi connectivity index (χ4v) is 9.72. The molecule has 33 heavy (non-hydrogen) atoms. The van der Waals surface area contributed by atoms with E-state index in [0.29, 0.717) is 24.7 Å². The lowest BCUT2D eigenvalue weighted by atomic mass is 9.45. The van der Waals surface area contributed by atoms with Crippen LogP contribution in [0.1, 0.15) is 80.6 Å². The van der Waals surface area contributed by atoms with Crippen molar-refractivity contribution in [3.05, 3.63) is 0 Å². The average molecular weight is 499 g/mol. The first-order chi connectivity index (χ1) is 15.1. The van der Waals surface area contributed by atoms with E-state index in [9.17, 15) is 9.90 Å². The highest BCUT2D eigenvalue weighted by Crippen LogP contribution is 2.68. The van der Waals surface area contributed by atoms with Gasteiger partial charge in [0.15, 0.2) is 14.1 Å². The molecule has 3 fully saturated rings. The van der Waals surface area contributed by atoms with Crippen molar-refractivity contribution in [1.29, 1.82) is 0 Å². The van der Waals surface area contributed by atoms with E-state index in [1.807, 2.05) is 7.11 Å². The molecule has 0 aromatic rings. The van der Waals surface area contributed by atoms with Crippen LogP contribution >= 0.6 is 11.8 Å². The lowest BCUT2D eigenvalue weighted by Gasteiger charge is -2.61. The number of aliphatic hydroxyl groups is 1. The quantitative estimate of drug-likeness (QED) is 0.343. The maximum Gasteiger partial charge on any atom is 0.192 e. The molecule has 0 aromatic heterocycles. The van der Waals surface area contributed by atoms with Crippen LogP contribution in [0.25, 0.3) is 0 Å². The first-order valence-corrected chi connectivity index (χ1v) is 17.0. The Bertz CT molecular complexity index is 736. The van der Waals surface area contributed by atoms with Crippen molar-refractivity contribution < 1.29 is 19.1 Å². The fraction of sp³-hybridized carbons (Fsp3) is 0.963. The summed E-state index contributed by atoms with van der Waals surface area (Å²) in [5.74, 6) is 1.76. The number of methoxy groups -OCH3 is 1. The van der Waals surface area contributed by atoms with Gasteiger partial charge in [-0.15, -0.1) is 11.8 Å². The summed E-state index contributed by atoms with van der Waals surface area (Å²) in [6.45, 7) is 20.9. The molecule has 1 N–H and O–H groups in total. The second-order valence-electron chi connectivity index (χ2n) is 13.3. The minimum Gasteiger partial charge on any atom is -0.416 e. The van der Waals surface area contributed by atoms with Crippen molar-refractivity contribution in [3.8, 4) is 0 Å². The molecule has 0 heterocycles. The van der Waals surface area contributed by atoms with Crippen LogP contribution in [0.5, 0.6) is 0 Å². The minimum absolute atomic E-state index is 0.0132. The van der Waals surface area contributed by atoms with Crippen LogP contribution < -0.4 is 0 Å². The van der Waals surface area contributed by atoms with Gasteiger partial charge in [0.25, 0.3) is 0 Å². The zero-order chi connectivity index (χ0) is 25.0. The Morgan fingerprint density at radius 1 is 1.15 bits per heavy atom. The molecule has 3 rings (SSSR count). The van der Waals surface area contributed by atoms with Crippen LogP contribution in [0.4, 0.5) is 0 Å². The van der Waals surface area contributed by atoms with E-state index >= 15 is 0 Å². The Balaban J connectivity index is 1.87. The number of Topliss-reactive ketones (excluding diaryl/α,β-unsaturated/α-hetero) is 1. The fourth-order valence-electron chi connectivity index (χ4n) is 7.32. The third-order valence-electron chi connectivity index (χ3n) is 10.8. The van der Waals surface area contributed by atoms with Gasteiger partial charge in [-0.25, -0.2) is 0 Å². The van der Waals surface area contributed by atoms with E-state index in [2.05, 4.69) is 61.6 Å². The number of rotatable bonds is 6. The normalized spacial score (nSPS) is 44.3. The number of thioether (sulfide) groups is 1. The Kier molecular flexibility index (Phi) is 7.73. The third-order valence-corrected chi connectivity index (χ3v) is 16.7. The molecule has 2 unspecified atom stereocenters. The van der Waals surface area contributed by atoms with Crippen molar-refractivity contribution in [2.75, 3.05) is 19.5 Å². The molecule has 0 spiro atoms. The van der Waals surface area contributed by atoms with Gasteiger partial charge in [0, 0.05) is 30.8 Å². The number of carbonyl (C=O) groups excluding carboxylic acids is 1. The zero-order valence-corrected chi connectivity index (χ0v) is 24.7. The summed E-state index contributed by atoms with van der Waals surface area (Å²) in [6.07, 6.45) is 4.34. The average Bonchev–Trinajstić information content (AvgIpc) is 3.12. The molecule has 3 aliphatic rings. The minimum atomic E-state index is -1.81. The van der Waals surface area contributed by atoms with Crippen molar-refractivity contribution in [3.63, 3.8) is 0 Å². The Morgan fingerprint density at radius 2 is 1.76 bits per heavy atom. The first-order valence-electron chi connectivity index (χ1n) is 13.1. The second kappa shape index (κ2) is 9.21. The molecule has 4 nitrogen and oxygen atoms in total. The molecule has 3 aliphatic carbocycles. The molecule has 8 atom stereocenters. The van der Waals surface area contributed by atoms with Crippen LogP contribution in [0, 0.1) is 28.6 Å². The number of aliphatic hydroxyl groups excluding tert-OH is 1. The van der Waals surface area contributed by atoms with Gasteiger partial charge in [0.05, 0.1) is 17.0 Å². The van der Waals surface area contributed by atoms with Crippen LogP contribution in [-0.2, 0) is 14.0 Å². The predicted octanol–water partition coefficient (Wildman–Crippen LogP) is 6.32. The van der Waals surface area contributed by atoms with Crippen molar-refractivity contribution in [2.45, 2.75) is 116 Å². The highest BCUT2D eigenvalue weighted by Gasteiger charge is 2.67. The number of ketones is 1. The van der Waals surface area contributed by atoms with Crippen LogP contribution in [-0.4, -0.2) is 55.6 Å². The number of hydrogen-bond donors (Lipinski definition) is 1. The summed E-state index contributed by atoms with van der Waals surface area (Å²) in [4.78, 5) is 14.1. The van der Waals surface area contributed by atoms with E-state index < -0.39 is 19.2 Å². The van der Waals surface area contributed by atoms with Crippen LogP contribution in [0.3, 0.4) is 0 Å². The molecule has 3 saturated carbocycles. The summed E-state index contributed by atoms with van der Waals surface area (Å²) in [5.41, 5.74) is -0.288. The van der Waals surface area contributed by atoms with Crippen LogP contribution in [0.15, 0.2) is 0 Å². The molecule has 0 aliphatic heterocycles. The van der Waals surface area contributed by atoms with Gasteiger partial charge in [-0.05, 0) is 74.4 Å². The SMILES string of the molecule is CO[C@@H]1CCC23CC[C@@H](C)[C@](C)(C12)[C@H](O)C[C@@](C)(SCCO[Si](C)(C)C(C)(C)C)C(=O)[C@@H]3C. The summed E-state index contributed by atoms with van der Waals surface area (Å²) < 4.78 is 11.8. The van der Waals surface area contributed by atoms with E-state index in [4.69, 9.17) is 9.16 Å². The molecule has 0 radical (unpaired) electrons. The van der Waals surface area contributed by atoms with Gasteiger partial charge in [0.1, 0.15) is 0 Å². The number of hydrogen-bond acceptors (Lipinski definition) is 5. The highest BCUT2D eigenvalue weighted by atomic mass is 32.2. The molecular formula is C27H50O4SSi. The molecular weight excluding hydrogens is 448 g/mol. The Morgan fingerprint density at radius 3 is 2.33 bits per heavy atom. The first kappa shape index (κ1) is 27.7. The molecule has 6 heteroatoms. The van der Waals surface area contributed by atoms with Gasteiger partial charge >= 0.3 is 0 Å². The highest BCUT2D eigenvalue weighted by molar-refractivity contribution is 8.01. The maximum absolute atomic E-state index is 14.1. The lowest BCUT2D eigenvalue weighted by molar-refractivity contribution is -0.182. The van der Waals surface area contributed by atoms with Gasteiger partial charge in [-0.2, -0.15) is 0 Å². The molecule has 0 saturated heterocycles. The largest absolute Gasteiger partial charge is 0.416 e.